The summed E-state index contributed by atoms with van der Waals surface area (Å²) in [6.07, 6.45) is 0.932. The Hall–Kier alpha value is -1.71. The van der Waals surface area contributed by atoms with Gasteiger partial charge in [0, 0.05) is 12.2 Å². The molecule has 2 aromatic rings. The average Bonchev–Trinajstić information content (AvgIpc) is 2.45. The van der Waals surface area contributed by atoms with Crippen molar-refractivity contribution in [2.75, 3.05) is 5.73 Å². The molecule has 0 unspecified atom stereocenters. The number of nitrogen functional groups attached to an aromatic ring is 1. The SMILES string of the molecule is CCCn1c(=O)[nH]c2ccc(N)cc21. The molecule has 14 heavy (non-hydrogen) atoms. The van der Waals surface area contributed by atoms with E-state index in [0.717, 1.165) is 24.0 Å². The molecule has 0 fully saturated rings. The van der Waals surface area contributed by atoms with E-state index in [1.54, 1.807) is 10.6 Å². The molecule has 1 heterocycles. The van der Waals surface area contributed by atoms with Crippen LogP contribution in [0.25, 0.3) is 11.0 Å². The van der Waals surface area contributed by atoms with Crippen LogP contribution in [0.4, 0.5) is 5.69 Å². The highest BCUT2D eigenvalue weighted by Gasteiger charge is 2.04. The molecule has 4 nitrogen and oxygen atoms in total. The Morgan fingerprint density at radius 1 is 1.50 bits per heavy atom. The smallest absolute Gasteiger partial charge is 0.326 e. The largest absolute Gasteiger partial charge is 0.399 e. The standard InChI is InChI=1S/C10H13N3O/c1-2-5-13-9-6-7(11)3-4-8(9)12-10(13)14/h3-4,6H,2,5,11H2,1H3,(H,12,14). The van der Waals surface area contributed by atoms with Crippen molar-refractivity contribution in [1.29, 1.82) is 0 Å². The Bertz CT molecular complexity index is 510. The van der Waals surface area contributed by atoms with Gasteiger partial charge in [-0.1, -0.05) is 6.92 Å². The van der Waals surface area contributed by atoms with E-state index in [4.69, 9.17) is 5.73 Å². The summed E-state index contributed by atoms with van der Waals surface area (Å²) in [6.45, 7) is 2.76. The first-order chi connectivity index (χ1) is 6.72. The number of benzene rings is 1. The van der Waals surface area contributed by atoms with Crippen molar-refractivity contribution >= 4 is 16.7 Å². The van der Waals surface area contributed by atoms with Gasteiger partial charge in [-0.3, -0.25) is 4.57 Å². The molecular formula is C10H13N3O. The van der Waals surface area contributed by atoms with Crippen LogP contribution in [0.2, 0.25) is 0 Å². The summed E-state index contributed by atoms with van der Waals surface area (Å²) < 4.78 is 1.71. The number of rotatable bonds is 2. The van der Waals surface area contributed by atoms with E-state index < -0.39 is 0 Å². The molecule has 0 aliphatic heterocycles. The van der Waals surface area contributed by atoms with Gasteiger partial charge in [0.05, 0.1) is 11.0 Å². The number of anilines is 1. The fourth-order valence-corrected chi connectivity index (χ4v) is 1.62. The number of hydrogen-bond donors (Lipinski definition) is 2. The first-order valence-electron chi connectivity index (χ1n) is 4.70. The number of H-pyrrole nitrogens is 1. The van der Waals surface area contributed by atoms with Gasteiger partial charge in [-0.25, -0.2) is 4.79 Å². The molecule has 0 amide bonds. The molecule has 0 atom stereocenters. The second kappa shape index (κ2) is 3.21. The minimum Gasteiger partial charge on any atom is -0.399 e. The average molecular weight is 191 g/mol. The molecule has 0 bridgehead atoms. The minimum atomic E-state index is -0.0625. The van der Waals surface area contributed by atoms with E-state index in [1.165, 1.54) is 0 Å². The molecule has 2 rings (SSSR count). The Morgan fingerprint density at radius 3 is 3.00 bits per heavy atom. The van der Waals surface area contributed by atoms with Gasteiger partial charge in [0.25, 0.3) is 0 Å². The first kappa shape index (κ1) is 8.87. The number of imidazole rings is 1. The van der Waals surface area contributed by atoms with Crippen LogP contribution in [0.1, 0.15) is 13.3 Å². The minimum absolute atomic E-state index is 0.0625. The lowest BCUT2D eigenvalue weighted by Crippen LogP contribution is -2.16. The van der Waals surface area contributed by atoms with E-state index in [9.17, 15) is 4.79 Å². The van der Waals surface area contributed by atoms with Gasteiger partial charge in [-0.15, -0.1) is 0 Å². The van der Waals surface area contributed by atoms with Crippen molar-refractivity contribution < 1.29 is 0 Å². The van der Waals surface area contributed by atoms with E-state index in [1.807, 2.05) is 19.1 Å². The summed E-state index contributed by atoms with van der Waals surface area (Å²) in [5, 5.41) is 0. The highest BCUT2D eigenvalue weighted by Crippen LogP contribution is 2.14. The number of aryl methyl sites for hydroxylation is 1. The van der Waals surface area contributed by atoms with Gasteiger partial charge < -0.3 is 10.7 Å². The lowest BCUT2D eigenvalue weighted by Gasteiger charge is -2.00. The second-order valence-corrected chi connectivity index (χ2v) is 3.36. The van der Waals surface area contributed by atoms with Crippen LogP contribution >= 0.6 is 0 Å². The number of nitrogens with zero attached hydrogens (tertiary/aromatic N) is 1. The van der Waals surface area contributed by atoms with Crippen LogP contribution in [-0.4, -0.2) is 9.55 Å². The van der Waals surface area contributed by atoms with Crippen LogP contribution < -0.4 is 11.4 Å². The number of nitrogens with two attached hydrogens (primary N) is 1. The van der Waals surface area contributed by atoms with Crippen LogP contribution in [0.15, 0.2) is 23.0 Å². The summed E-state index contributed by atoms with van der Waals surface area (Å²) in [5.74, 6) is 0. The summed E-state index contributed by atoms with van der Waals surface area (Å²) >= 11 is 0. The van der Waals surface area contributed by atoms with Gasteiger partial charge in [-0.05, 0) is 24.6 Å². The molecule has 1 aromatic carbocycles. The lowest BCUT2D eigenvalue weighted by atomic mass is 10.3. The molecule has 0 saturated carbocycles. The molecule has 0 radical (unpaired) electrons. The van der Waals surface area contributed by atoms with Crippen LogP contribution in [0, 0.1) is 0 Å². The number of fused-ring (bicyclic) bond motifs is 1. The summed E-state index contributed by atoms with van der Waals surface area (Å²) in [6, 6.07) is 5.44. The zero-order valence-corrected chi connectivity index (χ0v) is 8.08. The van der Waals surface area contributed by atoms with E-state index in [2.05, 4.69) is 4.98 Å². The topological polar surface area (TPSA) is 63.8 Å². The predicted octanol–water partition coefficient (Wildman–Crippen LogP) is 1.32. The van der Waals surface area contributed by atoms with Gasteiger partial charge >= 0.3 is 5.69 Å². The molecule has 1 aromatic heterocycles. The normalized spacial score (nSPS) is 10.9. The molecule has 0 saturated heterocycles. The maximum Gasteiger partial charge on any atom is 0.326 e. The third-order valence-electron chi connectivity index (χ3n) is 2.25. The maximum atomic E-state index is 11.5. The third kappa shape index (κ3) is 1.28. The number of hydrogen-bond acceptors (Lipinski definition) is 2. The predicted molar refractivity (Wildman–Crippen MR) is 57.3 cm³/mol. The van der Waals surface area contributed by atoms with Crippen LogP contribution in [0.5, 0.6) is 0 Å². The van der Waals surface area contributed by atoms with Crippen LogP contribution in [-0.2, 0) is 6.54 Å². The highest BCUT2D eigenvalue weighted by molar-refractivity contribution is 5.78. The van der Waals surface area contributed by atoms with Gasteiger partial charge in [0.15, 0.2) is 0 Å². The quantitative estimate of drug-likeness (QED) is 0.703. The number of aromatic amines is 1. The van der Waals surface area contributed by atoms with Crippen molar-refractivity contribution in [3.8, 4) is 0 Å². The highest BCUT2D eigenvalue weighted by atomic mass is 16.1. The molecule has 0 spiro atoms. The van der Waals surface area contributed by atoms with E-state index in [-0.39, 0.29) is 5.69 Å². The Morgan fingerprint density at radius 2 is 2.29 bits per heavy atom. The third-order valence-corrected chi connectivity index (χ3v) is 2.25. The van der Waals surface area contributed by atoms with Crippen molar-refractivity contribution in [3.05, 3.63) is 28.7 Å². The van der Waals surface area contributed by atoms with E-state index >= 15 is 0 Å². The zero-order chi connectivity index (χ0) is 10.1. The number of aromatic nitrogens is 2. The summed E-state index contributed by atoms with van der Waals surface area (Å²) in [5.41, 5.74) is 8.02. The Balaban J connectivity index is 2.73. The van der Waals surface area contributed by atoms with Gasteiger partial charge in [-0.2, -0.15) is 0 Å². The summed E-state index contributed by atoms with van der Waals surface area (Å²) in [7, 11) is 0. The fourth-order valence-electron chi connectivity index (χ4n) is 1.62. The second-order valence-electron chi connectivity index (χ2n) is 3.36. The Kier molecular flexibility index (Phi) is 2.04. The fraction of sp³-hybridized carbons (Fsp3) is 0.300. The van der Waals surface area contributed by atoms with E-state index in [0.29, 0.717) is 5.69 Å². The van der Waals surface area contributed by atoms with Crippen molar-refractivity contribution in [3.63, 3.8) is 0 Å². The monoisotopic (exact) mass is 191 g/mol. The van der Waals surface area contributed by atoms with Crippen molar-refractivity contribution in [2.24, 2.45) is 0 Å². The lowest BCUT2D eigenvalue weighted by molar-refractivity contribution is 0.675. The zero-order valence-electron chi connectivity index (χ0n) is 8.08. The van der Waals surface area contributed by atoms with Crippen molar-refractivity contribution in [1.82, 2.24) is 9.55 Å². The number of nitrogens with one attached hydrogen (secondary N) is 1. The van der Waals surface area contributed by atoms with Crippen LogP contribution in [0.3, 0.4) is 0 Å². The first-order valence-corrected chi connectivity index (χ1v) is 4.70. The van der Waals surface area contributed by atoms with Gasteiger partial charge in [0.1, 0.15) is 0 Å². The van der Waals surface area contributed by atoms with Gasteiger partial charge in [0.2, 0.25) is 0 Å². The summed E-state index contributed by atoms with van der Waals surface area (Å²) in [4.78, 5) is 14.3. The molecule has 3 N–H and O–H groups in total. The molecule has 74 valence electrons. The Labute approximate surface area is 81.3 Å². The maximum absolute atomic E-state index is 11.5. The molecule has 0 aliphatic carbocycles. The molecule has 4 heteroatoms. The van der Waals surface area contributed by atoms with Crippen molar-refractivity contribution in [2.45, 2.75) is 19.9 Å². The molecule has 0 aliphatic rings. The molecular weight excluding hydrogens is 178 g/mol.